The van der Waals surface area contributed by atoms with Gasteiger partial charge >= 0.3 is 11.9 Å². The number of H-pyrrole nitrogens is 1. The van der Waals surface area contributed by atoms with Gasteiger partial charge in [0, 0.05) is 24.8 Å². The Kier molecular flexibility index (Phi) is 10.6. The highest BCUT2D eigenvalue weighted by molar-refractivity contribution is 5.99. The van der Waals surface area contributed by atoms with E-state index in [4.69, 9.17) is 4.74 Å². The molecule has 0 saturated carbocycles. The molecule has 1 atom stereocenters. The Hall–Kier alpha value is -3.94. The van der Waals surface area contributed by atoms with Gasteiger partial charge in [-0.05, 0) is 49.4 Å². The van der Waals surface area contributed by atoms with Crippen molar-refractivity contribution < 1.29 is 24.2 Å². The van der Waals surface area contributed by atoms with Gasteiger partial charge in [0.25, 0.3) is 0 Å². The molecule has 38 heavy (non-hydrogen) atoms. The minimum Gasteiger partial charge on any atom is -0.478 e. The summed E-state index contributed by atoms with van der Waals surface area (Å²) in [5.74, 6) is -1.54. The molecule has 8 nitrogen and oxygen atoms in total. The molecule has 8 heteroatoms. The normalized spacial score (nSPS) is 11.7. The van der Waals surface area contributed by atoms with Crippen LogP contribution in [0.5, 0.6) is 0 Å². The fraction of sp³-hybridized carbons (Fsp3) is 0.400. The van der Waals surface area contributed by atoms with Crippen LogP contribution in [-0.2, 0) is 16.0 Å². The van der Waals surface area contributed by atoms with E-state index < -0.39 is 11.9 Å². The van der Waals surface area contributed by atoms with E-state index in [1.54, 1.807) is 12.3 Å². The molecule has 2 N–H and O–H groups in total. The fourth-order valence-corrected chi connectivity index (χ4v) is 4.46. The number of carbonyl (C=O) groups is 3. The lowest BCUT2D eigenvalue weighted by Crippen LogP contribution is -2.37. The summed E-state index contributed by atoms with van der Waals surface area (Å²) in [5, 5.41) is 9.72. The quantitative estimate of drug-likeness (QED) is 0.264. The van der Waals surface area contributed by atoms with Crippen LogP contribution in [0.2, 0.25) is 0 Å². The number of methoxy groups -OCH3 is 1. The van der Waals surface area contributed by atoms with Crippen LogP contribution in [0.15, 0.2) is 54.7 Å². The first-order valence-electron chi connectivity index (χ1n) is 13.2. The molecule has 0 aliphatic heterocycles. The average molecular weight is 520 g/mol. The molecule has 1 unspecified atom stereocenters. The summed E-state index contributed by atoms with van der Waals surface area (Å²) in [7, 11) is 1.25. The van der Waals surface area contributed by atoms with Crippen LogP contribution >= 0.6 is 0 Å². The van der Waals surface area contributed by atoms with Crippen LogP contribution in [-0.4, -0.2) is 58.0 Å². The Morgan fingerprint density at radius 3 is 2.32 bits per heavy atom. The molecule has 0 saturated heterocycles. The predicted molar refractivity (Wildman–Crippen MR) is 146 cm³/mol. The van der Waals surface area contributed by atoms with Crippen molar-refractivity contribution in [2.24, 2.45) is 0 Å². The molecule has 1 amide bonds. The van der Waals surface area contributed by atoms with Crippen molar-refractivity contribution in [3.63, 3.8) is 0 Å². The van der Waals surface area contributed by atoms with Crippen molar-refractivity contribution >= 4 is 17.8 Å². The number of rotatable bonds is 14. The van der Waals surface area contributed by atoms with Gasteiger partial charge < -0.3 is 19.7 Å². The third kappa shape index (κ3) is 7.31. The number of esters is 1. The van der Waals surface area contributed by atoms with Gasteiger partial charge in [-0.2, -0.15) is 0 Å². The van der Waals surface area contributed by atoms with Crippen molar-refractivity contribution in [1.82, 2.24) is 14.9 Å². The Bertz CT molecular complexity index is 1210. The lowest BCUT2D eigenvalue weighted by Gasteiger charge is -2.28. The van der Waals surface area contributed by atoms with Crippen LogP contribution < -0.4 is 0 Å². The van der Waals surface area contributed by atoms with Gasteiger partial charge in [0.2, 0.25) is 5.91 Å². The third-order valence-corrected chi connectivity index (χ3v) is 6.62. The SMILES string of the molecule is CCCCN(CCCC)C(=O)C(CCc1c[nH]c(-c2ccc(C(=O)OC)cc2C(=O)O)n1)c1ccccc1. The van der Waals surface area contributed by atoms with Crippen molar-refractivity contribution in [3.05, 3.63) is 77.1 Å². The van der Waals surface area contributed by atoms with E-state index in [2.05, 4.69) is 23.8 Å². The predicted octanol–water partition coefficient (Wildman–Crippen LogP) is 5.71. The van der Waals surface area contributed by atoms with Gasteiger partial charge in [-0.25, -0.2) is 14.6 Å². The van der Waals surface area contributed by atoms with Gasteiger partial charge in [-0.15, -0.1) is 0 Å². The molecule has 0 aliphatic carbocycles. The summed E-state index contributed by atoms with van der Waals surface area (Å²) in [6.45, 7) is 5.77. The second kappa shape index (κ2) is 14.1. The number of nitrogens with one attached hydrogen (secondary N) is 1. The molecular formula is C30H37N3O5. The zero-order valence-corrected chi connectivity index (χ0v) is 22.4. The van der Waals surface area contributed by atoms with E-state index >= 15 is 0 Å². The van der Waals surface area contributed by atoms with Crippen molar-refractivity contribution in [3.8, 4) is 11.4 Å². The first kappa shape index (κ1) is 28.6. The number of aromatic nitrogens is 2. The maximum absolute atomic E-state index is 13.7. The van der Waals surface area contributed by atoms with Gasteiger partial charge in [0.05, 0.1) is 29.8 Å². The number of unbranched alkanes of at least 4 members (excludes halogenated alkanes) is 2. The van der Waals surface area contributed by atoms with E-state index in [1.165, 1.54) is 19.2 Å². The van der Waals surface area contributed by atoms with E-state index in [1.807, 2.05) is 35.2 Å². The lowest BCUT2D eigenvalue weighted by molar-refractivity contribution is -0.133. The van der Waals surface area contributed by atoms with Gasteiger partial charge in [-0.3, -0.25) is 4.79 Å². The highest BCUT2D eigenvalue weighted by Gasteiger charge is 2.26. The largest absolute Gasteiger partial charge is 0.478 e. The van der Waals surface area contributed by atoms with Crippen LogP contribution in [0, 0.1) is 0 Å². The van der Waals surface area contributed by atoms with Crippen LogP contribution in [0.25, 0.3) is 11.4 Å². The first-order valence-corrected chi connectivity index (χ1v) is 13.2. The zero-order chi connectivity index (χ0) is 27.5. The molecule has 2 aromatic carbocycles. The molecule has 0 spiro atoms. The highest BCUT2D eigenvalue weighted by Crippen LogP contribution is 2.27. The maximum atomic E-state index is 13.7. The summed E-state index contributed by atoms with van der Waals surface area (Å²) in [4.78, 5) is 47.2. The van der Waals surface area contributed by atoms with Crippen molar-refractivity contribution in [2.45, 2.75) is 58.3 Å². The van der Waals surface area contributed by atoms with E-state index in [0.717, 1.165) is 50.0 Å². The van der Waals surface area contributed by atoms with E-state index in [9.17, 15) is 19.5 Å². The molecule has 202 valence electrons. The summed E-state index contributed by atoms with van der Waals surface area (Å²) in [5.41, 5.74) is 2.19. The summed E-state index contributed by atoms with van der Waals surface area (Å²) in [6, 6.07) is 14.2. The number of ether oxygens (including phenoxy) is 1. The zero-order valence-electron chi connectivity index (χ0n) is 22.4. The van der Waals surface area contributed by atoms with Crippen LogP contribution in [0.3, 0.4) is 0 Å². The number of carboxylic acids is 1. The molecule has 0 radical (unpaired) electrons. The maximum Gasteiger partial charge on any atom is 0.337 e. The molecule has 0 aliphatic rings. The summed E-state index contributed by atoms with van der Waals surface area (Å²) in [6.07, 6.45) is 6.87. The third-order valence-electron chi connectivity index (χ3n) is 6.62. The number of amides is 1. The molecule has 1 aromatic heterocycles. The van der Waals surface area contributed by atoms with Crippen molar-refractivity contribution in [2.75, 3.05) is 20.2 Å². The molecule has 0 bridgehead atoms. The second-order valence-electron chi connectivity index (χ2n) is 9.33. The first-order chi connectivity index (χ1) is 18.4. The summed E-state index contributed by atoms with van der Waals surface area (Å²) < 4.78 is 4.70. The van der Waals surface area contributed by atoms with Crippen LogP contribution in [0.1, 0.15) is 83.8 Å². The number of imidazole rings is 1. The number of benzene rings is 2. The minimum absolute atomic E-state index is 0.0476. The average Bonchev–Trinajstić information content (AvgIpc) is 3.41. The smallest absolute Gasteiger partial charge is 0.337 e. The number of nitrogens with zero attached hydrogens (tertiary/aromatic N) is 2. The number of hydrogen-bond acceptors (Lipinski definition) is 5. The minimum atomic E-state index is -1.17. The second-order valence-corrected chi connectivity index (χ2v) is 9.33. The molecule has 3 aromatic rings. The van der Waals surface area contributed by atoms with Gasteiger partial charge in [0.15, 0.2) is 0 Å². The Morgan fingerprint density at radius 2 is 1.71 bits per heavy atom. The fourth-order valence-electron chi connectivity index (χ4n) is 4.46. The van der Waals surface area contributed by atoms with E-state index in [0.29, 0.717) is 24.2 Å². The lowest BCUT2D eigenvalue weighted by atomic mass is 9.92. The standard InChI is InChI=1S/C30H37N3O5/c1-4-6-17-33(18-7-5-2)28(34)24(21-11-9-8-10-12-21)16-14-23-20-31-27(32-23)25-15-13-22(30(37)38-3)19-26(25)29(35)36/h8-13,15,19-20,24H,4-7,14,16-18H2,1-3H3,(H,31,32)(H,35,36). The number of hydrogen-bond donors (Lipinski definition) is 2. The van der Waals surface area contributed by atoms with Crippen LogP contribution in [0.4, 0.5) is 0 Å². The van der Waals surface area contributed by atoms with Gasteiger partial charge in [0.1, 0.15) is 5.82 Å². The number of aromatic carboxylic acids is 1. The highest BCUT2D eigenvalue weighted by atomic mass is 16.5. The Labute approximate surface area is 224 Å². The molecular weight excluding hydrogens is 482 g/mol. The van der Waals surface area contributed by atoms with Gasteiger partial charge in [-0.1, -0.05) is 57.0 Å². The number of carboxylic acid groups (broad SMARTS) is 1. The number of aryl methyl sites for hydroxylation is 1. The molecule has 3 rings (SSSR count). The molecule has 1 heterocycles. The van der Waals surface area contributed by atoms with E-state index in [-0.39, 0.29) is 23.0 Å². The number of aromatic amines is 1. The van der Waals surface area contributed by atoms with Crippen molar-refractivity contribution in [1.29, 1.82) is 0 Å². The summed E-state index contributed by atoms with van der Waals surface area (Å²) >= 11 is 0. The molecule has 0 fully saturated rings. The topological polar surface area (TPSA) is 113 Å². The number of carbonyl (C=O) groups excluding carboxylic acids is 2. The monoisotopic (exact) mass is 519 g/mol. The Morgan fingerprint density at radius 1 is 1.03 bits per heavy atom. The Balaban J connectivity index is 1.83.